The summed E-state index contributed by atoms with van der Waals surface area (Å²) in [6, 6.07) is 0. The molecule has 3 N–H and O–H groups in total. The van der Waals surface area contributed by atoms with Crippen molar-refractivity contribution in [3.63, 3.8) is 0 Å². The first-order valence-electron chi connectivity index (χ1n) is 6.81. The molecule has 140 valence electrons. The number of rotatable bonds is 6. The molecule has 0 amide bonds. The van der Waals surface area contributed by atoms with Gasteiger partial charge in [0.15, 0.2) is 23.7 Å². The molecule has 2 aromatic heterocycles. The van der Waals surface area contributed by atoms with Crippen LogP contribution in [0, 0.1) is 0 Å². The number of aromatic nitrogens is 4. The summed E-state index contributed by atoms with van der Waals surface area (Å²) in [6.07, 6.45) is -2.36. The summed E-state index contributed by atoms with van der Waals surface area (Å²) in [6.45, 7) is -0.637. The Morgan fingerprint density at radius 1 is 1.38 bits per heavy atom. The van der Waals surface area contributed by atoms with E-state index in [2.05, 4.69) is 24.0 Å². The van der Waals surface area contributed by atoms with E-state index < -0.39 is 46.6 Å². The number of fused-ring (bicyclic) bond motifs is 1. The molecule has 1 saturated heterocycles. The maximum absolute atomic E-state index is 10.9. The molecule has 13 nitrogen and oxygen atoms in total. The van der Waals surface area contributed by atoms with Crippen molar-refractivity contribution in [3.8, 4) is 0 Å². The summed E-state index contributed by atoms with van der Waals surface area (Å²) in [5.41, 5.74) is 5.94. The zero-order valence-corrected chi connectivity index (χ0v) is 15.1. The van der Waals surface area contributed by atoms with Crippen LogP contribution in [0.1, 0.15) is 0 Å². The van der Waals surface area contributed by atoms with Gasteiger partial charge in [0, 0.05) is 0 Å². The fraction of sp³-hybridized carbons (Fsp3) is 0.500. The Bertz CT molecular complexity index is 869. The summed E-state index contributed by atoms with van der Waals surface area (Å²) in [4.78, 5) is 33.2. The van der Waals surface area contributed by atoms with E-state index in [0.717, 1.165) is 17.2 Å². The first-order chi connectivity index (χ1) is 12.2. The van der Waals surface area contributed by atoms with Crippen LogP contribution in [-0.2, 0) is 28.1 Å². The van der Waals surface area contributed by atoms with Crippen molar-refractivity contribution in [2.24, 2.45) is 0 Å². The SMILES string of the molecule is Nc1ncnc2c1ncn2[C@]1(Cl)O[C@H](CO[P+](=O)[O-])[C@@H](O[P+](=O)[O-])[C@H]1O. The lowest BCUT2D eigenvalue weighted by Gasteiger charge is -2.26. The third-order valence-corrected chi connectivity index (χ3v) is 4.87. The highest BCUT2D eigenvalue weighted by atomic mass is 35.5. The summed E-state index contributed by atoms with van der Waals surface area (Å²) < 4.78 is 37.2. The Hall–Kier alpha value is -1.40. The number of anilines is 1. The van der Waals surface area contributed by atoms with Crippen LogP contribution in [0.4, 0.5) is 5.82 Å². The Kier molecular flexibility index (Phi) is 5.45. The minimum Gasteiger partial charge on any atom is -0.566 e. The van der Waals surface area contributed by atoms with Gasteiger partial charge < -0.3 is 25.4 Å². The second-order valence-electron chi connectivity index (χ2n) is 5.07. The quantitative estimate of drug-likeness (QED) is 0.399. The Balaban J connectivity index is 2.00. The van der Waals surface area contributed by atoms with Crippen LogP contribution < -0.4 is 15.5 Å². The largest absolute Gasteiger partial charge is 0.566 e. The monoisotopic (exact) mass is 425 g/mol. The summed E-state index contributed by atoms with van der Waals surface area (Å²) in [7, 11) is -6.65. The summed E-state index contributed by atoms with van der Waals surface area (Å²) in [5.74, 6) is 0.0418. The van der Waals surface area contributed by atoms with Gasteiger partial charge in [-0.25, -0.2) is 15.0 Å². The van der Waals surface area contributed by atoms with E-state index >= 15 is 0 Å². The minimum absolute atomic E-state index is 0.0418. The second-order valence-corrected chi connectivity index (χ2v) is 6.97. The maximum Gasteiger partial charge on any atom is 0.488 e. The first kappa shape index (κ1) is 19.4. The number of imidazole rings is 1. The Morgan fingerprint density at radius 2 is 2.12 bits per heavy atom. The number of nitrogens with two attached hydrogens (primary N) is 1. The third-order valence-electron chi connectivity index (χ3n) is 3.60. The number of hydrogen-bond acceptors (Lipinski definition) is 12. The molecule has 0 aliphatic carbocycles. The van der Waals surface area contributed by atoms with Gasteiger partial charge in [-0.2, -0.15) is 0 Å². The number of aliphatic hydroxyl groups excluding tert-OH is 1. The van der Waals surface area contributed by atoms with Crippen LogP contribution in [-0.4, -0.2) is 49.5 Å². The van der Waals surface area contributed by atoms with E-state index in [1.165, 1.54) is 0 Å². The number of aliphatic hydroxyl groups is 1. The van der Waals surface area contributed by atoms with E-state index in [4.69, 9.17) is 22.1 Å². The Morgan fingerprint density at radius 3 is 2.77 bits per heavy atom. The van der Waals surface area contributed by atoms with Crippen LogP contribution in [0.2, 0.25) is 0 Å². The molecule has 3 heterocycles. The van der Waals surface area contributed by atoms with Crippen molar-refractivity contribution in [1.29, 1.82) is 0 Å². The van der Waals surface area contributed by atoms with Crippen LogP contribution in [0.3, 0.4) is 0 Å². The molecule has 3 rings (SSSR count). The molecule has 0 radical (unpaired) electrons. The molecule has 2 aromatic rings. The van der Waals surface area contributed by atoms with Crippen molar-refractivity contribution < 1.29 is 37.8 Å². The van der Waals surface area contributed by atoms with E-state index in [1.54, 1.807) is 0 Å². The molecule has 0 aromatic carbocycles. The van der Waals surface area contributed by atoms with Crippen molar-refractivity contribution in [2.75, 3.05) is 12.3 Å². The normalized spacial score (nSPS) is 29.9. The van der Waals surface area contributed by atoms with Gasteiger partial charge in [-0.05, 0) is 9.13 Å². The van der Waals surface area contributed by atoms with Gasteiger partial charge in [0.2, 0.25) is 0 Å². The lowest BCUT2D eigenvalue weighted by atomic mass is 10.1. The minimum atomic E-state index is -3.41. The van der Waals surface area contributed by atoms with Crippen molar-refractivity contribution in [1.82, 2.24) is 19.5 Å². The topological polar surface area (TPSA) is 198 Å². The highest BCUT2D eigenvalue weighted by Crippen LogP contribution is 2.44. The smallest absolute Gasteiger partial charge is 0.488 e. The van der Waals surface area contributed by atoms with Gasteiger partial charge in [0.1, 0.15) is 30.9 Å². The molecular weight excluding hydrogens is 416 g/mol. The number of halogens is 1. The predicted molar refractivity (Wildman–Crippen MR) is 80.5 cm³/mol. The molecule has 0 saturated carbocycles. The van der Waals surface area contributed by atoms with Gasteiger partial charge >= 0.3 is 16.5 Å². The lowest BCUT2D eigenvalue weighted by molar-refractivity contribution is -0.195. The maximum atomic E-state index is 10.9. The third kappa shape index (κ3) is 3.41. The van der Waals surface area contributed by atoms with Crippen molar-refractivity contribution >= 4 is 45.1 Å². The van der Waals surface area contributed by atoms with Crippen molar-refractivity contribution in [2.45, 2.75) is 23.5 Å². The fourth-order valence-electron chi connectivity index (χ4n) is 2.52. The molecule has 1 aliphatic rings. The predicted octanol–water partition coefficient (Wildman–Crippen LogP) is -1.55. The van der Waals surface area contributed by atoms with Crippen LogP contribution in [0.5, 0.6) is 0 Å². The molecule has 0 spiro atoms. The molecule has 16 heteroatoms. The van der Waals surface area contributed by atoms with E-state index in [-0.39, 0.29) is 17.0 Å². The van der Waals surface area contributed by atoms with E-state index in [9.17, 15) is 24.0 Å². The zero-order valence-electron chi connectivity index (χ0n) is 12.5. The lowest BCUT2D eigenvalue weighted by Crippen LogP contribution is -2.41. The molecule has 1 fully saturated rings. The highest BCUT2D eigenvalue weighted by Gasteiger charge is 2.59. The highest BCUT2D eigenvalue weighted by molar-refractivity contribution is 7.30. The average Bonchev–Trinajstić information content (AvgIpc) is 3.10. The van der Waals surface area contributed by atoms with Gasteiger partial charge in [-0.3, -0.25) is 4.57 Å². The van der Waals surface area contributed by atoms with Gasteiger partial charge in [-0.15, -0.1) is 9.05 Å². The van der Waals surface area contributed by atoms with Gasteiger partial charge in [0.25, 0.3) is 5.18 Å². The number of nitrogens with zero attached hydrogens (tertiary/aromatic N) is 4. The number of alkyl halides is 1. The second kappa shape index (κ2) is 7.31. The number of hydrogen-bond donors (Lipinski definition) is 2. The molecule has 0 bridgehead atoms. The molecule has 26 heavy (non-hydrogen) atoms. The van der Waals surface area contributed by atoms with Gasteiger partial charge in [0.05, 0.1) is 0 Å². The molecule has 1 aliphatic heterocycles. The fourth-order valence-corrected chi connectivity index (χ4v) is 3.60. The van der Waals surface area contributed by atoms with Gasteiger partial charge in [-0.1, -0.05) is 11.6 Å². The van der Waals surface area contributed by atoms with Crippen molar-refractivity contribution in [3.05, 3.63) is 12.7 Å². The molecular formula is C10H10ClN5O8P2. The van der Waals surface area contributed by atoms with Crippen LogP contribution in [0.15, 0.2) is 12.7 Å². The first-order valence-corrected chi connectivity index (χ1v) is 9.38. The zero-order chi connectivity index (χ0) is 19.1. The average molecular weight is 426 g/mol. The van der Waals surface area contributed by atoms with E-state index in [1.807, 2.05) is 0 Å². The summed E-state index contributed by atoms with van der Waals surface area (Å²) >= 11 is 6.37. The number of ether oxygens (including phenoxy) is 1. The Labute approximate surface area is 151 Å². The van der Waals surface area contributed by atoms with Crippen LogP contribution in [0.25, 0.3) is 11.2 Å². The van der Waals surface area contributed by atoms with Crippen LogP contribution >= 0.6 is 28.1 Å². The summed E-state index contributed by atoms with van der Waals surface area (Å²) in [5, 5.41) is 8.40. The standard InChI is InChI=1S/C10H10ClN5O8P2/c11-10(16-3-15-5-8(12)13-2-14-9(5)16)7(17)6(24-26(20)21)4(23-10)1-22-25(18)19/h2-4,6-7,17H,1H2,(H2,12,13,14)/t4-,6-,7-,10+/m1/s1. The molecule has 6 atom stereocenters. The number of nitrogen functional groups attached to an aromatic ring is 1. The van der Waals surface area contributed by atoms with E-state index in [0.29, 0.717) is 0 Å². The molecule has 2 unspecified atom stereocenters.